The summed E-state index contributed by atoms with van der Waals surface area (Å²) in [7, 11) is 2.25. The lowest BCUT2D eigenvalue weighted by Crippen LogP contribution is -2.39. The van der Waals surface area contributed by atoms with Gasteiger partial charge in [0.15, 0.2) is 6.61 Å². The van der Waals surface area contributed by atoms with Crippen molar-refractivity contribution in [3.8, 4) is 5.75 Å². The molecule has 0 bridgehead atoms. The molecule has 7 nitrogen and oxygen atoms in total. The molecule has 0 amide bonds. The number of halogens is 3. The van der Waals surface area contributed by atoms with Crippen molar-refractivity contribution in [2.75, 3.05) is 39.1 Å². The summed E-state index contributed by atoms with van der Waals surface area (Å²) in [6.45, 7) is -0.210. The molecule has 0 spiro atoms. The summed E-state index contributed by atoms with van der Waals surface area (Å²) < 4.78 is 57.3. The number of rotatable bonds is 5. The molecule has 0 atom stereocenters. The fourth-order valence-electron chi connectivity index (χ4n) is 2.45. The van der Waals surface area contributed by atoms with Crippen molar-refractivity contribution >= 4 is 17.6 Å². The van der Waals surface area contributed by atoms with Gasteiger partial charge in [0.05, 0.1) is 32.1 Å². The van der Waals surface area contributed by atoms with Gasteiger partial charge < -0.3 is 23.8 Å². The van der Waals surface area contributed by atoms with Crippen LogP contribution in [0.25, 0.3) is 0 Å². The van der Waals surface area contributed by atoms with Gasteiger partial charge in [0.25, 0.3) is 0 Å². The van der Waals surface area contributed by atoms with Gasteiger partial charge in [0.2, 0.25) is 0 Å². The second-order valence-corrected chi connectivity index (χ2v) is 5.59. The summed E-state index contributed by atoms with van der Waals surface area (Å²) in [5.74, 6) is -1.80. The molecule has 148 valence electrons. The highest BCUT2D eigenvalue weighted by atomic mass is 19.4. The van der Waals surface area contributed by atoms with Gasteiger partial charge in [-0.15, -0.1) is 0 Å². The number of nitrogens with zero attached hydrogens (tertiary/aromatic N) is 1. The first kappa shape index (κ1) is 20.6. The quantitative estimate of drug-likeness (QED) is 0.716. The molecular weight excluding hydrogens is 371 g/mol. The number of aryl methyl sites for hydroxylation is 1. The minimum atomic E-state index is -4.54. The minimum Gasteiger partial charge on any atom is -0.482 e. The number of anilines is 1. The molecule has 1 aliphatic heterocycles. The van der Waals surface area contributed by atoms with Crippen molar-refractivity contribution in [2.24, 2.45) is 0 Å². The van der Waals surface area contributed by atoms with Crippen molar-refractivity contribution in [3.63, 3.8) is 0 Å². The summed E-state index contributed by atoms with van der Waals surface area (Å²) in [6, 6.07) is 4.42. The number of carbonyl (C=O) groups is 2. The van der Waals surface area contributed by atoms with Gasteiger partial charge in [0.1, 0.15) is 18.2 Å². The molecule has 0 N–H and O–H groups in total. The van der Waals surface area contributed by atoms with Crippen LogP contribution >= 0.6 is 0 Å². The van der Waals surface area contributed by atoms with E-state index in [-0.39, 0.29) is 36.0 Å². The first-order chi connectivity index (χ1) is 12.7. The van der Waals surface area contributed by atoms with E-state index in [0.717, 1.165) is 14.2 Å². The second-order valence-electron chi connectivity index (χ2n) is 5.59. The lowest BCUT2D eigenvalue weighted by Gasteiger charge is -2.32. The predicted octanol–water partition coefficient (Wildman–Crippen LogP) is 2.33. The van der Waals surface area contributed by atoms with Gasteiger partial charge in [-0.1, -0.05) is 6.07 Å². The normalized spacial score (nSPS) is 14.8. The van der Waals surface area contributed by atoms with E-state index in [2.05, 4.69) is 4.74 Å². The van der Waals surface area contributed by atoms with Crippen LogP contribution in [0.4, 0.5) is 18.9 Å². The number of benzene rings is 1. The van der Waals surface area contributed by atoms with Crippen LogP contribution < -0.4 is 9.64 Å². The van der Waals surface area contributed by atoms with Gasteiger partial charge in [-0.3, -0.25) is 0 Å². The van der Waals surface area contributed by atoms with E-state index in [1.54, 1.807) is 13.0 Å². The Hall–Kier alpha value is -2.75. The topological polar surface area (TPSA) is 74.3 Å². The Morgan fingerprint density at radius 3 is 2.44 bits per heavy atom. The van der Waals surface area contributed by atoms with E-state index in [9.17, 15) is 22.8 Å². The zero-order valence-electron chi connectivity index (χ0n) is 14.9. The SMILES string of the molecule is COC(=O)C1=C(C(=O)OC)N(c2cc(C)ccc2OCC(F)(F)F)COC1. The number of carbonyl (C=O) groups excluding carboxylic acids is 2. The van der Waals surface area contributed by atoms with E-state index in [1.807, 2.05) is 0 Å². The van der Waals surface area contributed by atoms with Crippen LogP contribution in [-0.4, -0.2) is 52.3 Å². The molecule has 1 heterocycles. The predicted molar refractivity (Wildman–Crippen MR) is 87.1 cm³/mol. The Kier molecular flexibility index (Phi) is 6.32. The molecule has 1 aromatic carbocycles. The largest absolute Gasteiger partial charge is 0.482 e. The van der Waals surface area contributed by atoms with Crippen molar-refractivity contribution in [3.05, 3.63) is 35.0 Å². The Labute approximate surface area is 153 Å². The third-order valence-electron chi connectivity index (χ3n) is 3.63. The van der Waals surface area contributed by atoms with Crippen LogP contribution in [0.15, 0.2) is 29.5 Å². The van der Waals surface area contributed by atoms with Gasteiger partial charge in [-0.25, -0.2) is 9.59 Å². The van der Waals surface area contributed by atoms with Gasteiger partial charge in [-0.2, -0.15) is 13.2 Å². The lowest BCUT2D eigenvalue weighted by molar-refractivity contribution is -0.153. The number of methoxy groups -OCH3 is 2. The molecule has 0 unspecified atom stereocenters. The molecule has 1 aliphatic rings. The average Bonchev–Trinajstić information content (AvgIpc) is 2.64. The molecule has 0 radical (unpaired) electrons. The third kappa shape index (κ3) is 4.91. The number of hydrogen-bond acceptors (Lipinski definition) is 7. The van der Waals surface area contributed by atoms with Crippen LogP contribution in [0.5, 0.6) is 5.75 Å². The van der Waals surface area contributed by atoms with Crippen LogP contribution in [-0.2, 0) is 23.8 Å². The van der Waals surface area contributed by atoms with Crippen LogP contribution in [0.1, 0.15) is 5.56 Å². The van der Waals surface area contributed by atoms with E-state index < -0.39 is 24.7 Å². The number of alkyl halides is 3. The second kappa shape index (κ2) is 8.30. The monoisotopic (exact) mass is 389 g/mol. The Morgan fingerprint density at radius 1 is 1.19 bits per heavy atom. The fraction of sp³-hybridized carbons (Fsp3) is 0.412. The molecule has 27 heavy (non-hydrogen) atoms. The summed E-state index contributed by atoms with van der Waals surface area (Å²) in [6.07, 6.45) is -4.54. The van der Waals surface area contributed by atoms with Crippen molar-refractivity contribution in [1.82, 2.24) is 0 Å². The average molecular weight is 389 g/mol. The molecular formula is C17H18F3NO6. The fourth-order valence-corrected chi connectivity index (χ4v) is 2.45. The molecule has 0 fully saturated rings. The first-order valence-electron chi connectivity index (χ1n) is 7.73. The van der Waals surface area contributed by atoms with Crippen molar-refractivity contribution in [1.29, 1.82) is 0 Å². The highest BCUT2D eigenvalue weighted by molar-refractivity contribution is 6.03. The van der Waals surface area contributed by atoms with Gasteiger partial charge in [0, 0.05) is 0 Å². The maximum absolute atomic E-state index is 12.6. The Morgan fingerprint density at radius 2 is 1.85 bits per heavy atom. The molecule has 0 saturated carbocycles. The van der Waals surface area contributed by atoms with E-state index in [0.29, 0.717) is 5.56 Å². The van der Waals surface area contributed by atoms with Crippen molar-refractivity contribution < 1.29 is 41.7 Å². The van der Waals surface area contributed by atoms with Crippen molar-refractivity contribution in [2.45, 2.75) is 13.1 Å². The van der Waals surface area contributed by atoms with E-state index in [1.165, 1.54) is 17.0 Å². The van der Waals surface area contributed by atoms with E-state index in [4.69, 9.17) is 14.2 Å². The summed E-state index contributed by atoms with van der Waals surface area (Å²) in [4.78, 5) is 25.5. The van der Waals surface area contributed by atoms with E-state index >= 15 is 0 Å². The first-order valence-corrected chi connectivity index (χ1v) is 7.73. The van der Waals surface area contributed by atoms with Gasteiger partial charge in [-0.05, 0) is 24.6 Å². The highest BCUT2D eigenvalue weighted by Gasteiger charge is 2.34. The Bertz CT molecular complexity index is 760. The maximum Gasteiger partial charge on any atom is 0.422 e. The number of hydrogen-bond donors (Lipinski definition) is 0. The summed E-state index contributed by atoms with van der Waals surface area (Å²) in [5, 5.41) is 0. The number of ether oxygens (including phenoxy) is 4. The summed E-state index contributed by atoms with van der Waals surface area (Å²) >= 11 is 0. The Balaban J connectivity index is 2.55. The highest BCUT2D eigenvalue weighted by Crippen LogP contribution is 2.35. The maximum atomic E-state index is 12.6. The molecule has 2 rings (SSSR count). The standard InChI is InChI=1S/C17H18F3NO6/c1-10-4-5-13(27-8-17(18,19)20)12(6-10)21-9-26-7-11(15(22)24-2)14(21)16(23)25-3/h4-6H,7-9H2,1-3H3. The molecule has 10 heteroatoms. The summed E-state index contributed by atoms with van der Waals surface area (Å²) in [5.41, 5.74) is 0.524. The van der Waals surface area contributed by atoms with Crippen LogP contribution in [0, 0.1) is 6.92 Å². The van der Waals surface area contributed by atoms with Crippen LogP contribution in [0.3, 0.4) is 0 Å². The molecule has 0 saturated heterocycles. The minimum absolute atomic E-state index is 0.112. The molecule has 1 aromatic rings. The van der Waals surface area contributed by atoms with Gasteiger partial charge >= 0.3 is 18.1 Å². The number of esters is 2. The molecule has 0 aliphatic carbocycles. The molecule has 0 aromatic heterocycles. The smallest absolute Gasteiger partial charge is 0.422 e. The van der Waals surface area contributed by atoms with Crippen LogP contribution in [0.2, 0.25) is 0 Å². The zero-order valence-corrected chi connectivity index (χ0v) is 14.9. The third-order valence-corrected chi connectivity index (χ3v) is 3.63. The lowest BCUT2D eigenvalue weighted by atomic mass is 10.1. The zero-order chi connectivity index (χ0) is 20.2.